The van der Waals surface area contributed by atoms with Crippen molar-refractivity contribution in [3.63, 3.8) is 0 Å². The second-order valence-electron chi connectivity index (χ2n) is 4.45. The summed E-state index contributed by atoms with van der Waals surface area (Å²) in [5.41, 5.74) is 6.91. The van der Waals surface area contributed by atoms with Crippen LogP contribution < -0.4 is 5.73 Å². The molecule has 0 saturated carbocycles. The maximum atomic E-state index is 13.5. The fourth-order valence-corrected chi connectivity index (χ4v) is 2.18. The molecule has 0 spiro atoms. The smallest absolute Gasteiger partial charge is 0.133 e. The van der Waals surface area contributed by atoms with Crippen LogP contribution >= 0.6 is 12.2 Å². The maximum absolute atomic E-state index is 13.5. The lowest BCUT2D eigenvalue weighted by atomic mass is 10.1. The van der Waals surface area contributed by atoms with Gasteiger partial charge in [-0.2, -0.15) is 0 Å². The third-order valence-electron chi connectivity index (χ3n) is 2.78. The van der Waals surface area contributed by atoms with E-state index in [1.54, 1.807) is 12.1 Å². The molecule has 2 nitrogen and oxygen atoms in total. The quantitative estimate of drug-likeness (QED) is 0.771. The number of halogens is 1. The van der Waals surface area contributed by atoms with Crippen LogP contribution in [-0.4, -0.2) is 23.0 Å². The minimum absolute atomic E-state index is 0.117. The van der Waals surface area contributed by atoms with E-state index in [1.165, 1.54) is 6.07 Å². The number of nitrogens with zero attached hydrogens (tertiary/aromatic N) is 1. The van der Waals surface area contributed by atoms with E-state index in [1.807, 2.05) is 0 Å². The topological polar surface area (TPSA) is 29.3 Å². The summed E-state index contributed by atoms with van der Waals surface area (Å²) in [6, 6.07) is 5.01. The Balaban J connectivity index is 2.82. The fourth-order valence-electron chi connectivity index (χ4n) is 2.02. The number of rotatable bonds is 7. The van der Waals surface area contributed by atoms with Crippen LogP contribution in [0, 0.1) is 5.82 Å². The highest BCUT2D eigenvalue weighted by Gasteiger charge is 2.09. The summed E-state index contributed by atoms with van der Waals surface area (Å²) < 4.78 is 13.5. The van der Waals surface area contributed by atoms with E-state index in [0.717, 1.165) is 38.0 Å². The van der Waals surface area contributed by atoms with Crippen molar-refractivity contribution in [2.24, 2.45) is 5.73 Å². The van der Waals surface area contributed by atoms with Crippen molar-refractivity contribution in [2.45, 2.75) is 33.2 Å². The third-order valence-corrected chi connectivity index (χ3v) is 3.00. The van der Waals surface area contributed by atoms with Gasteiger partial charge in [-0.25, -0.2) is 4.39 Å². The molecule has 1 aromatic rings. The van der Waals surface area contributed by atoms with Gasteiger partial charge in [-0.15, -0.1) is 0 Å². The predicted molar refractivity (Wildman–Crippen MR) is 78.1 cm³/mol. The van der Waals surface area contributed by atoms with Crippen molar-refractivity contribution < 1.29 is 4.39 Å². The van der Waals surface area contributed by atoms with Crippen LogP contribution in [-0.2, 0) is 6.54 Å². The van der Waals surface area contributed by atoms with Crippen LogP contribution in [0.25, 0.3) is 0 Å². The van der Waals surface area contributed by atoms with Crippen LogP contribution in [0.5, 0.6) is 0 Å². The average Bonchev–Trinajstić information content (AvgIpc) is 2.32. The lowest BCUT2D eigenvalue weighted by Gasteiger charge is -2.21. The molecule has 0 fully saturated rings. The zero-order valence-electron chi connectivity index (χ0n) is 11.1. The van der Waals surface area contributed by atoms with Crippen molar-refractivity contribution in [3.8, 4) is 0 Å². The van der Waals surface area contributed by atoms with Crippen LogP contribution in [0.1, 0.15) is 37.8 Å². The predicted octanol–water partition coefficient (Wildman–Crippen LogP) is 3.08. The summed E-state index contributed by atoms with van der Waals surface area (Å²) in [5, 5.41) is 0. The minimum atomic E-state index is -0.344. The van der Waals surface area contributed by atoms with Gasteiger partial charge in [0.1, 0.15) is 10.8 Å². The van der Waals surface area contributed by atoms with Gasteiger partial charge in [-0.3, -0.25) is 4.90 Å². The normalized spacial score (nSPS) is 10.9. The molecule has 0 heterocycles. The zero-order chi connectivity index (χ0) is 13.5. The van der Waals surface area contributed by atoms with Gasteiger partial charge in [0.25, 0.3) is 0 Å². The highest BCUT2D eigenvalue weighted by Crippen LogP contribution is 2.13. The first-order valence-electron chi connectivity index (χ1n) is 6.39. The Kier molecular flexibility index (Phi) is 6.22. The first-order chi connectivity index (χ1) is 8.58. The number of hydrogen-bond donors (Lipinski definition) is 1. The van der Waals surface area contributed by atoms with Crippen molar-refractivity contribution in [3.05, 3.63) is 35.1 Å². The van der Waals surface area contributed by atoms with E-state index >= 15 is 0 Å². The van der Waals surface area contributed by atoms with Gasteiger partial charge in [0, 0.05) is 12.1 Å². The molecule has 0 saturated heterocycles. The molecular weight excluding hydrogens is 247 g/mol. The fraction of sp³-hybridized carbons (Fsp3) is 0.500. The molecule has 18 heavy (non-hydrogen) atoms. The van der Waals surface area contributed by atoms with Crippen molar-refractivity contribution in [2.75, 3.05) is 13.1 Å². The Hall–Kier alpha value is -1.00. The molecule has 0 aliphatic heterocycles. The van der Waals surface area contributed by atoms with E-state index in [9.17, 15) is 4.39 Å². The van der Waals surface area contributed by atoms with Gasteiger partial charge in [0.05, 0.1) is 0 Å². The Morgan fingerprint density at radius 2 is 1.89 bits per heavy atom. The molecular formula is C14H21FN2S. The molecule has 0 aromatic heterocycles. The van der Waals surface area contributed by atoms with Crippen LogP contribution in [0.3, 0.4) is 0 Å². The zero-order valence-corrected chi connectivity index (χ0v) is 11.9. The van der Waals surface area contributed by atoms with Gasteiger partial charge < -0.3 is 5.73 Å². The Morgan fingerprint density at radius 1 is 1.28 bits per heavy atom. The van der Waals surface area contributed by atoms with Crippen molar-refractivity contribution in [1.82, 2.24) is 4.90 Å². The maximum Gasteiger partial charge on any atom is 0.133 e. The number of thiocarbonyl (C=S) groups is 1. The Labute approximate surface area is 114 Å². The van der Waals surface area contributed by atoms with Gasteiger partial charge in [0.2, 0.25) is 0 Å². The lowest BCUT2D eigenvalue weighted by Crippen LogP contribution is -2.25. The van der Waals surface area contributed by atoms with Crippen LogP contribution in [0.2, 0.25) is 0 Å². The van der Waals surface area contributed by atoms with Crippen molar-refractivity contribution in [1.29, 1.82) is 0 Å². The molecule has 0 radical (unpaired) electrons. The summed E-state index contributed by atoms with van der Waals surface area (Å²) in [6.45, 7) is 7.24. The van der Waals surface area contributed by atoms with E-state index < -0.39 is 0 Å². The van der Waals surface area contributed by atoms with E-state index in [-0.39, 0.29) is 10.8 Å². The number of nitrogens with two attached hydrogens (primary N) is 1. The number of benzene rings is 1. The third kappa shape index (κ3) is 4.35. The Morgan fingerprint density at radius 3 is 2.39 bits per heavy atom. The first-order valence-corrected chi connectivity index (χ1v) is 6.79. The Bertz CT molecular complexity index is 401. The lowest BCUT2D eigenvalue weighted by molar-refractivity contribution is 0.266. The summed E-state index contributed by atoms with van der Waals surface area (Å²) in [5.74, 6) is -0.344. The molecule has 4 heteroatoms. The van der Waals surface area contributed by atoms with Crippen molar-refractivity contribution >= 4 is 17.2 Å². The van der Waals surface area contributed by atoms with Crippen LogP contribution in [0.15, 0.2) is 18.2 Å². The molecule has 0 bridgehead atoms. The monoisotopic (exact) mass is 268 g/mol. The van der Waals surface area contributed by atoms with E-state index in [2.05, 4.69) is 18.7 Å². The molecule has 0 aliphatic carbocycles. The minimum Gasteiger partial charge on any atom is -0.389 e. The second-order valence-corrected chi connectivity index (χ2v) is 4.89. The first kappa shape index (κ1) is 15.1. The molecule has 0 atom stereocenters. The standard InChI is InChI=1S/C14H21FN2S/c1-3-7-17(8-4-2)10-11-5-6-13(15)12(9-11)14(16)18/h5-6,9H,3-4,7-8,10H2,1-2H3,(H2,16,18). The summed E-state index contributed by atoms with van der Waals surface area (Å²) >= 11 is 4.85. The molecule has 0 aliphatic rings. The van der Waals surface area contributed by atoms with Gasteiger partial charge in [0.15, 0.2) is 0 Å². The second kappa shape index (κ2) is 7.44. The SMILES string of the molecule is CCCN(CCC)Cc1ccc(F)c(C(N)=S)c1. The van der Waals surface area contributed by atoms with Crippen LogP contribution in [0.4, 0.5) is 4.39 Å². The molecule has 0 unspecified atom stereocenters. The van der Waals surface area contributed by atoms with Gasteiger partial charge in [-0.1, -0.05) is 32.1 Å². The summed E-state index contributed by atoms with van der Waals surface area (Å²) in [4.78, 5) is 2.48. The molecule has 100 valence electrons. The molecule has 2 N–H and O–H groups in total. The van der Waals surface area contributed by atoms with Gasteiger partial charge >= 0.3 is 0 Å². The molecule has 1 aromatic carbocycles. The number of hydrogen-bond acceptors (Lipinski definition) is 2. The summed E-state index contributed by atoms with van der Waals surface area (Å²) in [7, 11) is 0. The highest BCUT2D eigenvalue weighted by molar-refractivity contribution is 7.80. The molecule has 0 amide bonds. The molecule has 1 rings (SSSR count). The highest BCUT2D eigenvalue weighted by atomic mass is 32.1. The van der Waals surface area contributed by atoms with Gasteiger partial charge in [-0.05, 0) is 43.6 Å². The van der Waals surface area contributed by atoms with E-state index in [0.29, 0.717) is 5.56 Å². The average molecular weight is 268 g/mol. The largest absolute Gasteiger partial charge is 0.389 e. The summed E-state index contributed by atoms with van der Waals surface area (Å²) in [6.07, 6.45) is 2.23. The van der Waals surface area contributed by atoms with E-state index in [4.69, 9.17) is 18.0 Å².